The first-order valence-corrected chi connectivity index (χ1v) is 16.8. The van der Waals surface area contributed by atoms with E-state index in [-0.39, 0.29) is 46.8 Å². The van der Waals surface area contributed by atoms with Crippen LogP contribution in [0.2, 0.25) is 0 Å². The number of carbonyl (C=O) groups is 4. The van der Waals surface area contributed by atoms with Crippen molar-refractivity contribution in [3.05, 3.63) is 51.6 Å². The largest absolute Gasteiger partial charge is 0.507 e. The maximum absolute atomic E-state index is 13.9. The van der Waals surface area contributed by atoms with Crippen molar-refractivity contribution in [3.8, 4) is 17.2 Å². The summed E-state index contributed by atoms with van der Waals surface area (Å²) >= 11 is 0. The number of carbonyl (C=O) groups excluding carboxylic acids is 4. The molecule has 2 aromatic carbocycles. The van der Waals surface area contributed by atoms with Gasteiger partial charge in [-0.1, -0.05) is 44.7 Å². The first-order valence-electron chi connectivity index (χ1n) is 16.8. The lowest BCUT2D eigenvalue weighted by atomic mass is 9.72. The zero-order valence-electron chi connectivity index (χ0n) is 28.3. The molecule has 0 bridgehead atoms. The first kappa shape index (κ1) is 37.3. The van der Waals surface area contributed by atoms with Gasteiger partial charge in [-0.25, -0.2) is 16.4 Å². The van der Waals surface area contributed by atoms with E-state index < -0.39 is 95.7 Å². The summed E-state index contributed by atoms with van der Waals surface area (Å²) in [7, 11) is 1.31. The van der Waals surface area contributed by atoms with E-state index in [4.69, 9.17) is 20.1 Å². The number of hydrogen-bond acceptors (Lipinski definition) is 14. The summed E-state index contributed by atoms with van der Waals surface area (Å²) in [6.07, 6.45) is -1.08. The van der Waals surface area contributed by atoms with Gasteiger partial charge in [0.1, 0.15) is 29.5 Å². The number of hydrazine groups is 2. The molecule has 272 valence electrons. The van der Waals surface area contributed by atoms with Crippen LogP contribution in [-0.2, 0) is 25.5 Å². The van der Waals surface area contributed by atoms with Crippen LogP contribution < -0.4 is 16.0 Å². The summed E-state index contributed by atoms with van der Waals surface area (Å²) in [5, 5.41) is 56.2. The Bertz CT molecular complexity index is 1660. The molecule has 2 aliphatic carbocycles. The van der Waals surface area contributed by atoms with Gasteiger partial charge in [-0.15, -0.1) is 0 Å². The number of aromatic hydroxyl groups is 2. The van der Waals surface area contributed by atoms with Crippen molar-refractivity contribution in [2.24, 2.45) is 5.84 Å². The molecule has 1 aliphatic heterocycles. The molecule has 15 nitrogen and oxygen atoms in total. The Morgan fingerprint density at radius 3 is 2.46 bits per heavy atom. The molecule has 8 N–H and O–H groups in total. The standard InChI is InChI=1S/C35H45N3O12/c1-4-5-6-7-8-12-24(41)38(36)37-20-13-25(49-17(2)30(20)42)50-22-15-35(47,23(40)16-39)14-19-27(22)34(46)29-28(32(19)44)31(43)18-10-9-11-21(48-3)26(18)33(29)45/h9-11,17,20,22,25,30,37,39,42,44,46-47H,4-8,12-16,36H2,1-3H3/t17?,20?,22-,25?,30?,35-/m0/s1. The number of aliphatic hydroxyl groups is 3. The van der Waals surface area contributed by atoms with Crippen LogP contribution in [-0.4, -0.2) is 97.8 Å². The predicted octanol–water partition coefficient (Wildman–Crippen LogP) is 1.61. The molecular formula is C35H45N3O12. The number of phenols is 2. The highest BCUT2D eigenvalue weighted by Crippen LogP contribution is 2.52. The van der Waals surface area contributed by atoms with Gasteiger partial charge in [-0.2, -0.15) is 0 Å². The molecule has 5 rings (SSSR count). The molecule has 0 saturated carbocycles. The third kappa shape index (κ3) is 6.86. The lowest BCUT2D eigenvalue weighted by molar-refractivity contribution is -0.253. The second kappa shape index (κ2) is 15.1. The topological polar surface area (TPSA) is 238 Å². The SMILES string of the molecule is CCCCCCCC(=O)N(N)NC1CC(O[C@H]2C[C@](O)(C(=O)CO)Cc3c(O)c4c(c(O)c32)C(=O)c2c(OC)cccc2C4=O)OC(C)C1O. The minimum atomic E-state index is -2.32. The second-order valence-corrected chi connectivity index (χ2v) is 13.2. The lowest BCUT2D eigenvalue weighted by Gasteiger charge is -2.43. The highest BCUT2D eigenvalue weighted by atomic mass is 16.7. The molecule has 3 aliphatic rings. The average molecular weight is 700 g/mol. The van der Waals surface area contributed by atoms with Gasteiger partial charge in [0, 0.05) is 42.4 Å². The van der Waals surface area contributed by atoms with E-state index in [0.717, 1.165) is 30.8 Å². The normalized spacial score (nSPS) is 25.8. The number of phenolic OH excluding ortho intramolecular Hbond substituents is 2. The molecule has 2 aromatic rings. The molecule has 6 atom stereocenters. The number of methoxy groups -OCH3 is 1. The number of fused-ring (bicyclic) bond motifs is 3. The first-order chi connectivity index (χ1) is 23.8. The number of hydrogen-bond donors (Lipinski definition) is 7. The van der Waals surface area contributed by atoms with Gasteiger partial charge >= 0.3 is 0 Å². The van der Waals surface area contributed by atoms with Crippen LogP contribution in [0.1, 0.15) is 114 Å². The number of unbranched alkanes of at least 4 members (excludes halogenated alkanes) is 4. The summed E-state index contributed by atoms with van der Waals surface area (Å²) in [5.41, 5.74) is -1.12. The van der Waals surface area contributed by atoms with Crippen LogP contribution >= 0.6 is 0 Å². The van der Waals surface area contributed by atoms with Crippen molar-refractivity contribution in [1.29, 1.82) is 0 Å². The summed E-state index contributed by atoms with van der Waals surface area (Å²) in [6, 6.07) is 3.47. The minimum absolute atomic E-state index is 0.0736. The molecule has 0 spiro atoms. The van der Waals surface area contributed by atoms with Gasteiger partial charge in [0.05, 0.1) is 48.2 Å². The van der Waals surface area contributed by atoms with E-state index in [9.17, 15) is 44.7 Å². The highest BCUT2D eigenvalue weighted by Gasteiger charge is 2.50. The monoisotopic (exact) mass is 699 g/mol. The Kier molecular flexibility index (Phi) is 11.3. The van der Waals surface area contributed by atoms with Crippen LogP contribution in [0.3, 0.4) is 0 Å². The molecule has 15 heteroatoms. The Hall–Kier alpha value is -3.96. The summed E-state index contributed by atoms with van der Waals surface area (Å²) < 4.78 is 17.4. The summed E-state index contributed by atoms with van der Waals surface area (Å²) in [6.45, 7) is 2.59. The molecule has 1 heterocycles. The quantitative estimate of drug-likeness (QED) is 0.0441. The van der Waals surface area contributed by atoms with Gasteiger partial charge < -0.3 is 39.7 Å². The number of ether oxygens (including phenoxy) is 3. The van der Waals surface area contributed by atoms with E-state index in [2.05, 4.69) is 12.3 Å². The van der Waals surface area contributed by atoms with Crippen molar-refractivity contribution in [2.45, 2.75) is 108 Å². The molecule has 0 radical (unpaired) electrons. The molecule has 50 heavy (non-hydrogen) atoms. The predicted molar refractivity (Wildman–Crippen MR) is 175 cm³/mol. The summed E-state index contributed by atoms with van der Waals surface area (Å²) in [5.74, 6) is 1.65. The van der Waals surface area contributed by atoms with E-state index in [1.54, 1.807) is 6.92 Å². The summed E-state index contributed by atoms with van der Waals surface area (Å²) in [4.78, 5) is 53.1. The Labute approximate surface area is 288 Å². The van der Waals surface area contributed by atoms with Crippen molar-refractivity contribution < 1.29 is 58.9 Å². The fraction of sp³-hybridized carbons (Fsp3) is 0.543. The Balaban J connectivity index is 1.47. The van der Waals surface area contributed by atoms with Crippen LogP contribution in [0, 0.1) is 0 Å². The third-order valence-electron chi connectivity index (χ3n) is 9.83. The number of rotatable bonds is 13. The molecule has 0 aromatic heterocycles. The zero-order chi connectivity index (χ0) is 36.5. The van der Waals surface area contributed by atoms with Gasteiger partial charge in [0.15, 0.2) is 17.9 Å². The molecule has 4 unspecified atom stereocenters. The van der Waals surface area contributed by atoms with Crippen LogP contribution in [0.4, 0.5) is 0 Å². The number of amides is 1. The van der Waals surface area contributed by atoms with E-state index in [0.29, 0.717) is 6.42 Å². The smallest absolute Gasteiger partial charge is 0.251 e. The number of nitrogens with two attached hydrogens (primary N) is 1. The highest BCUT2D eigenvalue weighted by molar-refractivity contribution is 6.31. The van der Waals surface area contributed by atoms with Crippen molar-refractivity contribution in [3.63, 3.8) is 0 Å². The second-order valence-electron chi connectivity index (χ2n) is 13.2. The average Bonchev–Trinajstić information content (AvgIpc) is 3.09. The van der Waals surface area contributed by atoms with Gasteiger partial charge in [-0.05, 0) is 19.4 Å². The fourth-order valence-corrected chi connectivity index (χ4v) is 7.09. The van der Waals surface area contributed by atoms with E-state index >= 15 is 0 Å². The van der Waals surface area contributed by atoms with Crippen LogP contribution in [0.15, 0.2) is 18.2 Å². The van der Waals surface area contributed by atoms with Crippen molar-refractivity contribution in [2.75, 3.05) is 13.7 Å². The zero-order valence-corrected chi connectivity index (χ0v) is 28.3. The molecular weight excluding hydrogens is 654 g/mol. The Morgan fingerprint density at radius 2 is 1.78 bits per heavy atom. The fourth-order valence-electron chi connectivity index (χ4n) is 7.09. The number of nitrogens with zero attached hydrogens (tertiary/aromatic N) is 1. The molecule has 1 fully saturated rings. The van der Waals surface area contributed by atoms with Gasteiger partial charge in [-0.3, -0.25) is 19.2 Å². The third-order valence-corrected chi connectivity index (χ3v) is 9.83. The Morgan fingerprint density at radius 1 is 1.08 bits per heavy atom. The maximum Gasteiger partial charge on any atom is 0.251 e. The van der Waals surface area contributed by atoms with Crippen molar-refractivity contribution >= 4 is 23.3 Å². The molecule has 1 saturated heterocycles. The maximum atomic E-state index is 13.9. The number of ketones is 3. The van der Waals surface area contributed by atoms with E-state index in [1.165, 1.54) is 25.3 Å². The number of Topliss-reactive ketones (excluding diaryl/α,β-unsaturated/α-hetero) is 1. The van der Waals surface area contributed by atoms with E-state index in [1.807, 2.05) is 0 Å². The van der Waals surface area contributed by atoms with Gasteiger partial charge in [0.2, 0.25) is 5.78 Å². The number of benzene rings is 2. The lowest BCUT2D eigenvalue weighted by Crippen LogP contribution is -2.61. The van der Waals surface area contributed by atoms with Crippen LogP contribution in [0.5, 0.6) is 17.2 Å². The minimum Gasteiger partial charge on any atom is -0.507 e. The number of aliphatic hydroxyl groups excluding tert-OH is 2. The van der Waals surface area contributed by atoms with Gasteiger partial charge in [0.25, 0.3) is 5.91 Å². The van der Waals surface area contributed by atoms with Crippen molar-refractivity contribution in [1.82, 2.24) is 10.5 Å². The molecule has 1 amide bonds. The number of nitrogens with one attached hydrogen (secondary N) is 1. The van der Waals surface area contributed by atoms with Crippen LogP contribution in [0.25, 0.3) is 0 Å².